The lowest BCUT2D eigenvalue weighted by Crippen LogP contribution is -2.28. The Bertz CT molecular complexity index is 931. The maximum Gasteiger partial charge on any atom is 0.265 e. The number of nitrogens with one attached hydrogen (secondary N) is 1. The summed E-state index contributed by atoms with van der Waals surface area (Å²) in [6, 6.07) is 3.93. The standard InChI is InChI=1S/C21H27N5O2S/c1-20(2,3)14-9-13(10-15(18(14)27)21(4,5)6)11-16-19(28)26(7-8-29-16)12-17-22-24-25-23-17/h7-11,27H,12H2,1-6H3,(H,22,23,24,25)/b16-11+. The number of phenolic OH excluding ortho intramolecular Hbond substituents is 1. The Hall–Kier alpha value is -2.61. The van der Waals surface area contributed by atoms with Gasteiger partial charge in [0.05, 0.1) is 11.4 Å². The van der Waals surface area contributed by atoms with Crippen molar-refractivity contribution in [3.05, 3.63) is 51.2 Å². The molecule has 0 spiro atoms. The molecule has 0 saturated carbocycles. The summed E-state index contributed by atoms with van der Waals surface area (Å²) in [5, 5.41) is 26.5. The summed E-state index contributed by atoms with van der Waals surface area (Å²) >= 11 is 1.38. The highest BCUT2D eigenvalue weighted by Gasteiger charge is 2.27. The van der Waals surface area contributed by atoms with Crippen LogP contribution >= 0.6 is 11.8 Å². The van der Waals surface area contributed by atoms with Crippen molar-refractivity contribution in [2.45, 2.75) is 58.9 Å². The van der Waals surface area contributed by atoms with Gasteiger partial charge in [-0.1, -0.05) is 58.5 Å². The third-order valence-electron chi connectivity index (χ3n) is 4.65. The van der Waals surface area contributed by atoms with Crippen molar-refractivity contribution in [2.75, 3.05) is 0 Å². The molecule has 154 valence electrons. The molecule has 1 amide bonds. The first-order valence-electron chi connectivity index (χ1n) is 9.43. The number of aromatic hydroxyl groups is 1. The topological polar surface area (TPSA) is 95.0 Å². The van der Waals surface area contributed by atoms with E-state index in [-0.39, 0.29) is 23.3 Å². The van der Waals surface area contributed by atoms with E-state index in [0.29, 0.717) is 16.5 Å². The zero-order valence-corrected chi connectivity index (χ0v) is 18.5. The minimum absolute atomic E-state index is 0.120. The first-order valence-corrected chi connectivity index (χ1v) is 10.3. The van der Waals surface area contributed by atoms with Crippen molar-refractivity contribution >= 4 is 23.7 Å². The molecule has 0 saturated heterocycles. The van der Waals surface area contributed by atoms with Gasteiger partial charge in [-0.2, -0.15) is 5.21 Å². The summed E-state index contributed by atoms with van der Waals surface area (Å²) in [6.45, 7) is 12.7. The molecule has 0 bridgehead atoms. The molecule has 29 heavy (non-hydrogen) atoms. The van der Waals surface area contributed by atoms with Crippen LogP contribution in [0.1, 0.15) is 64.1 Å². The van der Waals surface area contributed by atoms with E-state index in [0.717, 1.165) is 16.7 Å². The van der Waals surface area contributed by atoms with Crippen LogP contribution in [0.5, 0.6) is 5.75 Å². The highest BCUT2D eigenvalue weighted by atomic mass is 32.2. The zero-order chi connectivity index (χ0) is 21.4. The van der Waals surface area contributed by atoms with Gasteiger partial charge in [-0.25, -0.2) is 0 Å². The van der Waals surface area contributed by atoms with Crippen molar-refractivity contribution in [3.63, 3.8) is 0 Å². The Kier molecular flexibility index (Phi) is 5.58. The van der Waals surface area contributed by atoms with E-state index in [2.05, 4.69) is 62.2 Å². The molecule has 0 aliphatic carbocycles. The van der Waals surface area contributed by atoms with Crippen LogP contribution in [-0.2, 0) is 22.2 Å². The van der Waals surface area contributed by atoms with Gasteiger partial charge in [0.15, 0.2) is 5.82 Å². The van der Waals surface area contributed by atoms with Crippen molar-refractivity contribution < 1.29 is 9.90 Å². The molecule has 3 rings (SSSR count). The second-order valence-electron chi connectivity index (χ2n) is 9.14. The van der Waals surface area contributed by atoms with Gasteiger partial charge in [0.2, 0.25) is 0 Å². The molecule has 0 unspecified atom stereocenters. The largest absolute Gasteiger partial charge is 0.507 e. The third kappa shape index (κ3) is 4.70. The number of rotatable bonds is 3. The predicted molar refractivity (Wildman–Crippen MR) is 115 cm³/mol. The monoisotopic (exact) mass is 413 g/mol. The number of hydrogen-bond acceptors (Lipinski definition) is 6. The van der Waals surface area contributed by atoms with Crippen molar-refractivity contribution in [1.29, 1.82) is 0 Å². The number of nitrogens with zero attached hydrogens (tertiary/aromatic N) is 4. The summed E-state index contributed by atoms with van der Waals surface area (Å²) in [5.74, 6) is 0.655. The van der Waals surface area contributed by atoms with Gasteiger partial charge in [-0.15, -0.1) is 10.2 Å². The van der Waals surface area contributed by atoms with Crippen LogP contribution < -0.4 is 0 Å². The Morgan fingerprint density at radius 1 is 1.14 bits per heavy atom. The molecule has 2 N–H and O–H groups in total. The highest BCUT2D eigenvalue weighted by Crippen LogP contribution is 2.40. The van der Waals surface area contributed by atoms with Crippen LogP contribution in [0.25, 0.3) is 6.08 Å². The molecule has 7 nitrogen and oxygen atoms in total. The van der Waals surface area contributed by atoms with Crippen LogP contribution in [-0.4, -0.2) is 36.5 Å². The average Bonchev–Trinajstić information content (AvgIpc) is 3.11. The summed E-state index contributed by atoms with van der Waals surface area (Å²) in [6.07, 6.45) is 3.60. The number of hydrogen-bond donors (Lipinski definition) is 2. The number of carbonyl (C=O) groups is 1. The van der Waals surface area contributed by atoms with Crippen LogP contribution in [0.2, 0.25) is 0 Å². The zero-order valence-electron chi connectivity index (χ0n) is 17.6. The fraction of sp³-hybridized carbons (Fsp3) is 0.429. The summed E-state index contributed by atoms with van der Waals surface area (Å²) in [7, 11) is 0. The third-order valence-corrected chi connectivity index (χ3v) is 5.46. The maximum absolute atomic E-state index is 12.9. The summed E-state index contributed by atoms with van der Waals surface area (Å²) in [4.78, 5) is 15.1. The van der Waals surface area contributed by atoms with E-state index >= 15 is 0 Å². The van der Waals surface area contributed by atoms with E-state index in [4.69, 9.17) is 0 Å². The molecule has 1 aromatic carbocycles. The minimum atomic E-state index is -0.229. The highest BCUT2D eigenvalue weighted by molar-refractivity contribution is 8.06. The van der Waals surface area contributed by atoms with Crippen LogP contribution in [0, 0.1) is 0 Å². The van der Waals surface area contributed by atoms with Crippen molar-refractivity contribution in [2.24, 2.45) is 0 Å². The van der Waals surface area contributed by atoms with Crippen LogP contribution in [0.3, 0.4) is 0 Å². The predicted octanol–water partition coefficient (Wildman–Crippen LogP) is 4.09. The number of benzene rings is 1. The van der Waals surface area contributed by atoms with Gasteiger partial charge in [0, 0.05) is 17.3 Å². The van der Waals surface area contributed by atoms with Gasteiger partial charge in [0.1, 0.15) is 5.75 Å². The molecule has 1 aromatic heterocycles. The number of aromatic nitrogens is 4. The van der Waals surface area contributed by atoms with Gasteiger partial charge >= 0.3 is 0 Å². The second kappa shape index (κ2) is 7.67. The van der Waals surface area contributed by atoms with Gasteiger partial charge in [0.25, 0.3) is 5.91 Å². The summed E-state index contributed by atoms with van der Waals surface area (Å²) in [5.41, 5.74) is 2.16. The number of amides is 1. The molecule has 1 aliphatic heterocycles. The number of H-pyrrole nitrogens is 1. The number of aromatic amines is 1. The molecule has 2 heterocycles. The first kappa shape index (κ1) is 21.1. The van der Waals surface area contributed by atoms with Crippen LogP contribution in [0.15, 0.2) is 28.6 Å². The Morgan fingerprint density at radius 3 is 2.28 bits per heavy atom. The minimum Gasteiger partial charge on any atom is -0.507 e. The van der Waals surface area contributed by atoms with Crippen molar-refractivity contribution in [3.8, 4) is 5.75 Å². The van der Waals surface area contributed by atoms with E-state index in [9.17, 15) is 9.90 Å². The molecular weight excluding hydrogens is 386 g/mol. The lowest BCUT2D eigenvalue weighted by molar-refractivity contribution is -0.124. The smallest absolute Gasteiger partial charge is 0.265 e. The van der Waals surface area contributed by atoms with Gasteiger partial charge < -0.3 is 10.0 Å². The number of carbonyl (C=O) groups excluding carboxylic acids is 1. The van der Waals surface area contributed by atoms with E-state index in [1.165, 1.54) is 11.8 Å². The number of thioether (sulfide) groups is 1. The normalized spacial score (nSPS) is 16.7. The molecular formula is C21H27N5O2S. The molecule has 8 heteroatoms. The van der Waals surface area contributed by atoms with E-state index in [1.54, 1.807) is 11.1 Å². The fourth-order valence-corrected chi connectivity index (χ4v) is 3.87. The average molecular weight is 414 g/mol. The molecule has 2 aromatic rings. The molecule has 1 aliphatic rings. The van der Waals surface area contributed by atoms with Gasteiger partial charge in [-0.3, -0.25) is 4.79 Å². The first-order chi connectivity index (χ1) is 13.5. The molecule has 0 radical (unpaired) electrons. The quantitative estimate of drug-likeness (QED) is 0.736. The Morgan fingerprint density at radius 2 is 1.76 bits per heavy atom. The van der Waals surface area contributed by atoms with Crippen LogP contribution in [0.4, 0.5) is 0 Å². The number of tetrazole rings is 1. The van der Waals surface area contributed by atoms with Crippen molar-refractivity contribution in [1.82, 2.24) is 25.5 Å². The van der Waals surface area contributed by atoms with E-state index in [1.807, 2.05) is 23.6 Å². The Balaban J connectivity index is 2.01. The molecule has 0 fully saturated rings. The van der Waals surface area contributed by atoms with Gasteiger partial charge in [-0.05, 0) is 40.0 Å². The Labute approximate surface area is 175 Å². The maximum atomic E-state index is 12.9. The second-order valence-corrected chi connectivity index (χ2v) is 10.1. The lowest BCUT2D eigenvalue weighted by Gasteiger charge is -2.28. The summed E-state index contributed by atoms with van der Waals surface area (Å²) < 4.78 is 0. The number of phenols is 1. The fourth-order valence-electron chi connectivity index (χ4n) is 3.09. The molecule has 0 atom stereocenters. The van der Waals surface area contributed by atoms with E-state index < -0.39 is 0 Å². The SMILES string of the molecule is CC(C)(C)c1cc(/C=C2/SC=CN(Cc3nn[nH]n3)C2=O)cc(C(C)(C)C)c1O. The lowest BCUT2D eigenvalue weighted by atomic mass is 9.78.